The first-order valence-electron chi connectivity index (χ1n) is 6.33. The maximum atomic E-state index is 12.2. The summed E-state index contributed by atoms with van der Waals surface area (Å²) in [6.45, 7) is 2.15. The summed E-state index contributed by atoms with van der Waals surface area (Å²) in [5.74, 6) is 0. The third-order valence-corrected chi connectivity index (χ3v) is 5.54. The van der Waals surface area contributed by atoms with Crippen molar-refractivity contribution < 1.29 is 8.42 Å². The SMILES string of the molecule is O=S(=O)(NCCC1=CCNCC1)c1cccc(Cl)c1Cl. The molecular weight excluding hydrogens is 319 g/mol. The fraction of sp³-hybridized carbons (Fsp3) is 0.385. The van der Waals surface area contributed by atoms with Crippen LogP contribution in [0, 0.1) is 0 Å². The van der Waals surface area contributed by atoms with Gasteiger partial charge in [-0.3, -0.25) is 0 Å². The van der Waals surface area contributed by atoms with Crippen molar-refractivity contribution in [2.24, 2.45) is 0 Å². The van der Waals surface area contributed by atoms with Crippen LogP contribution >= 0.6 is 23.2 Å². The van der Waals surface area contributed by atoms with E-state index in [1.807, 2.05) is 0 Å². The van der Waals surface area contributed by atoms with Crippen molar-refractivity contribution in [1.82, 2.24) is 10.0 Å². The molecule has 1 aromatic rings. The van der Waals surface area contributed by atoms with Gasteiger partial charge in [0.05, 0.1) is 10.0 Å². The van der Waals surface area contributed by atoms with Crippen LogP contribution in [0.4, 0.5) is 0 Å². The minimum Gasteiger partial charge on any atom is -0.313 e. The van der Waals surface area contributed by atoms with Crippen molar-refractivity contribution in [1.29, 1.82) is 0 Å². The first-order chi connectivity index (χ1) is 9.50. The zero-order chi connectivity index (χ0) is 14.6. The molecule has 110 valence electrons. The first kappa shape index (κ1) is 15.8. The Balaban J connectivity index is 2.00. The van der Waals surface area contributed by atoms with Crippen LogP contribution in [0.25, 0.3) is 0 Å². The maximum Gasteiger partial charge on any atom is 0.242 e. The molecule has 2 rings (SSSR count). The molecule has 1 aromatic carbocycles. The van der Waals surface area contributed by atoms with Gasteiger partial charge in [-0.15, -0.1) is 0 Å². The summed E-state index contributed by atoms with van der Waals surface area (Å²) in [7, 11) is -3.62. The van der Waals surface area contributed by atoms with E-state index >= 15 is 0 Å². The Hall–Kier alpha value is -0.590. The Morgan fingerprint density at radius 2 is 2.10 bits per heavy atom. The van der Waals surface area contributed by atoms with Crippen LogP contribution in [-0.2, 0) is 10.0 Å². The van der Waals surface area contributed by atoms with Gasteiger partial charge in [0.2, 0.25) is 10.0 Å². The van der Waals surface area contributed by atoms with Crippen molar-refractivity contribution in [2.45, 2.75) is 17.7 Å². The van der Waals surface area contributed by atoms with E-state index < -0.39 is 10.0 Å². The van der Waals surface area contributed by atoms with E-state index in [0.717, 1.165) is 19.5 Å². The topological polar surface area (TPSA) is 58.2 Å². The van der Waals surface area contributed by atoms with Gasteiger partial charge in [0.1, 0.15) is 4.90 Å². The molecule has 1 aliphatic rings. The van der Waals surface area contributed by atoms with Crippen LogP contribution in [0.2, 0.25) is 10.0 Å². The highest BCUT2D eigenvalue weighted by Gasteiger charge is 2.19. The van der Waals surface area contributed by atoms with E-state index in [9.17, 15) is 8.42 Å². The van der Waals surface area contributed by atoms with Gasteiger partial charge in [-0.25, -0.2) is 13.1 Å². The molecule has 0 radical (unpaired) electrons. The molecule has 1 heterocycles. The lowest BCUT2D eigenvalue weighted by Crippen LogP contribution is -2.27. The maximum absolute atomic E-state index is 12.2. The number of hydrogen-bond acceptors (Lipinski definition) is 3. The zero-order valence-corrected chi connectivity index (χ0v) is 13.2. The largest absolute Gasteiger partial charge is 0.313 e. The van der Waals surface area contributed by atoms with E-state index in [2.05, 4.69) is 16.1 Å². The van der Waals surface area contributed by atoms with Crippen molar-refractivity contribution in [2.75, 3.05) is 19.6 Å². The molecule has 0 amide bonds. The van der Waals surface area contributed by atoms with Gasteiger partial charge in [0, 0.05) is 13.1 Å². The number of hydrogen-bond donors (Lipinski definition) is 2. The van der Waals surface area contributed by atoms with E-state index in [0.29, 0.717) is 13.0 Å². The molecule has 0 aromatic heterocycles. The molecule has 7 heteroatoms. The van der Waals surface area contributed by atoms with Crippen molar-refractivity contribution >= 4 is 33.2 Å². The molecule has 20 heavy (non-hydrogen) atoms. The van der Waals surface area contributed by atoms with Crippen LogP contribution in [-0.4, -0.2) is 28.1 Å². The van der Waals surface area contributed by atoms with E-state index in [1.54, 1.807) is 12.1 Å². The highest BCUT2D eigenvalue weighted by Crippen LogP contribution is 2.28. The average Bonchev–Trinajstić information content (AvgIpc) is 2.42. The molecule has 4 nitrogen and oxygen atoms in total. The van der Waals surface area contributed by atoms with Crippen molar-refractivity contribution in [3.63, 3.8) is 0 Å². The summed E-state index contributed by atoms with van der Waals surface area (Å²) >= 11 is 11.8. The standard InChI is InChI=1S/C13H16Cl2N2O2S/c14-11-2-1-3-12(13(11)15)20(18,19)17-9-6-10-4-7-16-8-5-10/h1-4,16-17H,5-9H2. The van der Waals surface area contributed by atoms with Crippen LogP contribution in [0.5, 0.6) is 0 Å². The molecule has 0 spiro atoms. The van der Waals surface area contributed by atoms with Gasteiger partial charge in [0.15, 0.2) is 0 Å². The second-order valence-electron chi connectivity index (χ2n) is 4.52. The summed E-state index contributed by atoms with van der Waals surface area (Å²) in [6.07, 6.45) is 3.77. The number of nitrogens with one attached hydrogen (secondary N) is 2. The van der Waals surface area contributed by atoms with Crippen molar-refractivity contribution in [3.8, 4) is 0 Å². The summed E-state index contributed by atoms with van der Waals surface area (Å²) in [4.78, 5) is 0.0194. The first-order valence-corrected chi connectivity index (χ1v) is 8.57. The highest BCUT2D eigenvalue weighted by molar-refractivity contribution is 7.89. The Kier molecular flexibility index (Phi) is 5.46. The quantitative estimate of drug-likeness (QED) is 0.813. The minimum absolute atomic E-state index is 0.0194. The molecule has 0 aliphatic carbocycles. The fourth-order valence-electron chi connectivity index (χ4n) is 2.01. The molecule has 0 bridgehead atoms. The summed E-state index contributed by atoms with van der Waals surface area (Å²) in [5, 5.41) is 3.50. The third-order valence-electron chi connectivity index (χ3n) is 3.10. The van der Waals surface area contributed by atoms with Crippen LogP contribution in [0.3, 0.4) is 0 Å². The van der Waals surface area contributed by atoms with Crippen LogP contribution in [0.15, 0.2) is 34.7 Å². The van der Waals surface area contributed by atoms with Gasteiger partial charge in [-0.1, -0.05) is 40.9 Å². The lowest BCUT2D eigenvalue weighted by Gasteiger charge is -2.14. The van der Waals surface area contributed by atoms with Gasteiger partial charge in [0.25, 0.3) is 0 Å². The lowest BCUT2D eigenvalue weighted by atomic mass is 10.1. The minimum atomic E-state index is -3.62. The fourth-order valence-corrected chi connectivity index (χ4v) is 3.80. The second-order valence-corrected chi connectivity index (χ2v) is 7.04. The Morgan fingerprint density at radius 3 is 2.80 bits per heavy atom. The molecule has 0 saturated heterocycles. The van der Waals surface area contributed by atoms with Crippen LogP contribution in [0.1, 0.15) is 12.8 Å². The molecular formula is C13H16Cl2N2O2S. The van der Waals surface area contributed by atoms with E-state index in [-0.39, 0.29) is 14.9 Å². The predicted molar refractivity (Wildman–Crippen MR) is 81.8 cm³/mol. The number of halogens is 2. The van der Waals surface area contributed by atoms with Gasteiger partial charge in [-0.2, -0.15) is 0 Å². The highest BCUT2D eigenvalue weighted by atomic mass is 35.5. The molecule has 2 N–H and O–H groups in total. The Labute approximate surface area is 129 Å². The number of benzene rings is 1. The van der Waals surface area contributed by atoms with Crippen molar-refractivity contribution in [3.05, 3.63) is 39.9 Å². The summed E-state index contributed by atoms with van der Waals surface area (Å²) < 4.78 is 26.9. The van der Waals surface area contributed by atoms with Gasteiger partial charge >= 0.3 is 0 Å². The van der Waals surface area contributed by atoms with E-state index in [4.69, 9.17) is 23.2 Å². The molecule has 0 atom stereocenters. The average molecular weight is 335 g/mol. The molecule has 0 saturated carbocycles. The predicted octanol–water partition coefficient (Wildman–Crippen LogP) is 2.58. The zero-order valence-electron chi connectivity index (χ0n) is 10.8. The number of rotatable bonds is 5. The Bertz CT molecular complexity index is 615. The molecule has 0 fully saturated rings. The Morgan fingerprint density at radius 1 is 1.30 bits per heavy atom. The number of sulfonamides is 1. The van der Waals surface area contributed by atoms with Crippen LogP contribution < -0.4 is 10.0 Å². The second kappa shape index (κ2) is 6.91. The smallest absolute Gasteiger partial charge is 0.242 e. The normalized spacial score (nSPS) is 16.0. The van der Waals surface area contributed by atoms with Gasteiger partial charge in [-0.05, 0) is 31.5 Å². The summed E-state index contributed by atoms with van der Waals surface area (Å²) in [5.41, 5.74) is 1.27. The lowest BCUT2D eigenvalue weighted by molar-refractivity contribution is 0.580. The molecule has 1 aliphatic heterocycles. The van der Waals surface area contributed by atoms with E-state index in [1.165, 1.54) is 11.6 Å². The van der Waals surface area contributed by atoms with Gasteiger partial charge < -0.3 is 5.32 Å². The third kappa shape index (κ3) is 3.96. The monoisotopic (exact) mass is 334 g/mol. The summed E-state index contributed by atoms with van der Waals surface area (Å²) in [6, 6.07) is 4.57. The molecule has 0 unspecified atom stereocenters.